The molecule has 2 aromatic carbocycles. The van der Waals surface area contributed by atoms with Gasteiger partial charge in [0.25, 0.3) is 0 Å². The van der Waals surface area contributed by atoms with Crippen LogP contribution in [-0.2, 0) is 16.8 Å². The predicted molar refractivity (Wildman–Crippen MR) is 142 cm³/mol. The van der Waals surface area contributed by atoms with Gasteiger partial charge < -0.3 is 39.9 Å². The number of likely N-dealkylation sites (N-methyl/N-ethyl adjacent to an activating group) is 1. The minimum Gasteiger partial charge on any atom is -0.507 e. The molecule has 2 aliphatic carbocycles. The Hall–Kier alpha value is -3.02. The van der Waals surface area contributed by atoms with Gasteiger partial charge in [0.05, 0.1) is 28.3 Å². The summed E-state index contributed by atoms with van der Waals surface area (Å²) in [4.78, 5) is 29.7. The van der Waals surface area contributed by atoms with E-state index in [1.54, 1.807) is 38.9 Å². The molecule has 2 heterocycles. The van der Waals surface area contributed by atoms with E-state index in [1.165, 1.54) is 6.07 Å². The average Bonchev–Trinajstić information content (AvgIpc) is 2.85. The van der Waals surface area contributed by atoms with Crippen molar-refractivity contribution >= 4 is 11.6 Å². The van der Waals surface area contributed by atoms with Crippen molar-refractivity contribution in [1.29, 1.82) is 0 Å². The number of ether oxygens (including phenoxy) is 2. The van der Waals surface area contributed by atoms with Crippen LogP contribution < -0.4 is 4.74 Å². The van der Waals surface area contributed by atoms with Gasteiger partial charge in [0.2, 0.25) is 12.1 Å². The van der Waals surface area contributed by atoms with Gasteiger partial charge in [-0.15, -0.1) is 0 Å². The molecule has 0 saturated carbocycles. The highest BCUT2D eigenvalue weighted by molar-refractivity contribution is 6.31. The number of carbonyl (C=O) groups is 2. The van der Waals surface area contributed by atoms with Crippen molar-refractivity contribution in [3.05, 3.63) is 51.1 Å². The Morgan fingerprint density at radius 3 is 2.40 bits per heavy atom. The number of ketones is 2. The maximum atomic E-state index is 14.2. The summed E-state index contributed by atoms with van der Waals surface area (Å²) in [5.74, 6) is -2.44. The third kappa shape index (κ3) is 3.53. The highest BCUT2D eigenvalue weighted by Gasteiger charge is 2.59. The minimum absolute atomic E-state index is 0.0489. The van der Waals surface area contributed by atoms with Crippen LogP contribution in [0.4, 0.5) is 0 Å². The van der Waals surface area contributed by atoms with Crippen LogP contribution in [0.2, 0.25) is 0 Å². The first-order valence-electron chi connectivity index (χ1n) is 13.7. The molecule has 1 fully saturated rings. The second-order valence-electron chi connectivity index (χ2n) is 12.4. The molecular formula is C30H35NO9. The van der Waals surface area contributed by atoms with Gasteiger partial charge in [0.15, 0.2) is 5.78 Å². The first-order chi connectivity index (χ1) is 18.7. The fourth-order valence-corrected chi connectivity index (χ4v) is 7.38. The molecule has 0 spiro atoms. The second kappa shape index (κ2) is 8.74. The predicted octanol–water partition coefficient (Wildman–Crippen LogP) is 2.07. The SMILES string of the molecule is CCCC1CC(C)(O)Cc2cc3c(c(O)c21)C(=O)c1c(O)cc2c(c1C3=O)OC1OC2(C)C(O)C(N(C)C)C1O. The number of fused-ring (bicyclic) bond motifs is 8. The Morgan fingerprint density at radius 1 is 1.05 bits per heavy atom. The molecule has 2 bridgehead atoms. The number of rotatable bonds is 3. The van der Waals surface area contributed by atoms with Crippen LogP contribution >= 0.6 is 0 Å². The summed E-state index contributed by atoms with van der Waals surface area (Å²) in [5.41, 5.74) is -1.95. The monoisotopic (exact) mass is 553 g/mol. The number of aromatic hydroxyl groups is 2. The molecule has 2 aromatic rings. The zero-order valence-electron chi connectivity index (χ0n) is 23.2. The highest BCUT2D eigenvalue weighted by Crippen LogP contribution is 2.54. The molecule has 7 unspecified atom stereocenters. The maximum absolute atomic E-state index is 14.2. The van der Waals surface area contributed by atoms with Crippen LogP contribution in [0, 0.1) is 0 Å². The van der Waals surface area contributed by atoms with E-state index >= 15 is 0 Å². The third-order valence-corrected chi connectivity index (χ3v) is 9.16. The van der Waals surface area contributed by atoms with Crippen molar-refractivity contribution in [2.24, 2.45) is 0 Å². The van der Waals surface area contributed by atoms with E-state index in [0.717, 1.165) is 6.42 Å². The Labute approximate surface area is 231 Å². The number of carbonyl (C=O) groups excluding carboxylic acids is 2. The van der Waals surface area contributed by atoms with Crippen molar-refractivity contribution in [3.8, 4) is 17.2 Å². The van der Waals surface area contributed by atoms with Crippen LogP contribution in [0.1, 0.15) is 94.5 Å². The Bertz CT molecular complexity index is 1460. The maximum Gasteiger partial charge on any atom is 0.228 e. The number of benzene rings is 2. The number of nitrogens with zero attached hydrogens (tertiary/aromatic N) is 1. The lowest BCUT2D eigenvalue weighted by molar-refractivity contribution is -0.311. The van der Waals surface area contributed by atoms with Crippen molar-refractivity contribution < 1.29 is 44.6 Å². The van der Waals surface area contributed by atoms with Gasteiger partial charge in [-0.25, -0.2) is 0 Å². The van der Waals surface area contributed by atoms with Crippen LogP contribution in [-0.4, -0.2) is 86.2 Å². The van der Waals surface area contributed by atoms with Gasteiger partial charge in [-0.2, -0.15) is 0 Å². The van der Waals surface area contributed by atoms with Crippen LogP contribution in [0.5, 0.6) is 17.2 Å². The standard InChI is InChI=1S/C30H35NO9/c1-6-7-12-10-29(2,38)11-13-8-14-18(23(34)17(12)13)24(35)19-16(32)9-15-26(20(19)22(14)33)39-28-25(36)21(31(4)5)27(37)30(15,3)40-28/h8-9,12,21,25,27-28,32,34,36-38H,6-7,10-11H2,1-5H3. The van der Waals surface area contributed by atoms with Gasteiger partial charge in [-0.05, 0) is 64.4 Å². The van der Waals surface area contributed by atoms with Gasteiger partial charge >= 0.3 is 0 Å². The molecule has 10 heteroatoms. The zero-order chi connectivity index (χ0) is 29.0. The van der Waals surface area contributed by atoms with Crippen LogP contribution in [0.25, 0.3) is 0 Å². The Morgan fingerprint density at radius 2 is 1.75 bits per heavy atom. The van der Waals surface area contributed by atoms with Gasteiger partial charge in [0, 0.05) is 23.1 Å². The molecule has 4 aliphatic rings. The number of hydrogen-bond acceptors (Lipinski definition) is 10. The summed E-state index contributed by atoms with van der Waals surface area (Å²) in [5, 5.41) is 55.8. The summed E-state index contributed by atoms with van der Waals surface area (Å²) in [6.07, 6.45) is -1.73. The normalized spacial score (nSPS) is 34.1. The van der Waals surface area contributed by atoms with E-state index in [2.05, 4.69) is 0 Å². The van der Waals surface area contributed by atoms with E-state index in [4.69, 9.17) is 9.47 Å². The topological polar surface area (TPSA) is 157 Å². The molecule has 0 radical (unpaired) electrons. The van der Waals surface area contributed by atoms with Crippen molar-refractivity contribution in [2.45, 2.75) is 88.1 Å². The molecule has 0 aromatic heterocycles. The summed E-state index contributed by atoms with van der Waals surface area (Å²) in [6, 6.07) is 2.04. The number of aliphatic hydroxyl groups excluding tert-OH is 2. The van der Waals surface area contributed by atoms with Crippen LogP contribution in [0.3, 0.4) is 0 Å². The summed E-state index contributed by atoms with van der Waals surface area (Å²) < 4.78 is 12.0. The molecule has 2 aliphatic heterocycles. The van der Waals surface area contributed by atoms with Crippen molar-refractivity contribution in [2.75, 3.05) is 14.1 Å². The van der Waals surface area contributed by atoms with Gasteiger partial charge in [0.1, 0.15) is 35.1 Å². The summed E-state index contributed by atoms with van der Waals surface area (Å²) in [7, 11) is 3.39. The van der Waals surface area contributed by atoms with Gasteiger partial charge in [-0.3, -0.25) is 9.59 Å². The Kier molecular flexibility index (Phi) is 5.93. The fourth-order valence-electron chi connectivity index (χ4n) is 7.38. The molecule has 1 saturated heterocycles. The largest absolute Gasteiger partial charge is 0.507 e. The van der Waals surface area contributed by atoms with E-state index < -0.39 is 53.1 Å². The quantitative estimate of drug-likeness (QED) is 0.325. The Balaban J connectivity index is 1.57. The van der Waals surface area contributed by atoms with Crippen LogP contribution in [0.15, 0.2) is 12.1 Å². The van der Waals surface area contributed by atoms with Crippen molar-refractivity contribution in [1.82, 2.24) is 4.90 Å². The molecule has 5 N–H and O–H groups in total. The van der Waals surface area contributed by atoms with E-state index in [9.17, 15) is 35.1 Å². The number of hydrogen-bond donors (Lipinski definition) is 5. The minimum atomic E-state index is -1.48. The molecule has 214 valence electrons. The van der Waals surface area contributed by atoms with E-state index in [-0.39, 0.29) is 51.7 Å². The third-order valence-electron chi connectivity index (χ3n) is 9.16. The number of phenolic OH excluding ortho intramolecular Hbond substituents is 2. The molecule has 7 atom stereocenters. The molecule has 40 heavy (non-hydrogen) atoms. The lowest BCUT2D eigenvalue weighted by Crippen LogP contribution is -2.68. The second-order valence-corrected chi connectivity index (χ2v) is 12.4. The van der Waals surface area contributed by atoms with E-state index in [1.807, 2.05) is 6.92 Å². The number of aliphatic hydroxyl groups is 3. The summed E-state index contributed by atoms with van der Waals surface area (Å²) in [6.45, 7) is 5.30. The average molecular weight is 554 g/mol. The smallest absolute Gasteiger partial charge is 0.228 e. The first-order valence-corrected chi connectivity index (χ1v) is 13.7. The molecular weight excluding hydrogens is 518 g/mol. The van der Waals surface area contributed by atoms with Crippen molar-refractivity contribution in [3.63, 3.8) is 0 Å². The molecule has 0 amide bonds. The molecule has 10 nitrogen and oxygen atoms in total. The van der Waals surface area contributed by atoms with Gasteiger partial charge in [-0.1, -0.05) is 13.3 Å². The first kappa shape index (κ1) is 27.2. The number of phenols is 2. The lowest BCUT2D eigenvalue weighted by atomic mass is 9.69. The zero-order valence-corrected chi connectivity index (χ0v) is 23.2. The highest BCUT2D eigenvalue weighted by atomic mass is 16.7. The summed E-state index contributed by atoms with van der Waals surface area (Å²) >= 11 is 0. The fraction of sp³-hybridized carbons (Fsp3) is 0.533. The lowest BCUT2D eigenvalue weighted by Gasteiger charge is -2.53. The molecule has 6 rings (SSSR count). The van der Waals surface area contributed by atoms with E-state index in [0.29, 0.717) is 24.0 Å².